The fraction of sp³-hybridized carbons (Fsp3) is 0.800. The molecule has 0 aromatic carbocycles. The molecular formula is C15H27N5. The summed E-state index contributed by atoms with van der Waals surface area (Å²) in [6.45, 7) is 0. The van der Waals surface area contributed by atoms with Crippen molar-refractivity contribution in [3.63, 3.8) is 0 Å². The molecule has 0 aromatic heterocycles. The van der Waals surface area contributed by atoms with Gasteiger partial charge in [0.05, 0.1) is 0 Å². The maximum atomic E-state index is 5.72. The lowest BCUT2D eigenvalue weighted by molar-refractivity contribution is 0.444. The van der Waals surface area contributed by atoms with Gasteiger partial charge in [-0.05, 0) is 37.5 Å². The molecule has 0 radical (unpaired) electrons. The fourth-order valence-corrected chi connectivity index (χ4v) is 2.99. The van der Waals surface area contributed by atoms with Gasteiger partial charge in [-0.2, -0.15) is 10.2 Å². The van der Waals surface area contributed by atoms with Gasteiger partial charge in [0, 0.05) is 12.4 Å². The van der Waals surface area contributed by atoms with Gasteiger partial charge in [-0.25, -0.2) is 5.43 Å². The number of nitrogens with two attached hydrogens (primary N) is 1. The van der Waals surface area contributed by atoms with Gasteiger partial charge in [-0.15, -0.1) is 5.10 Å². The molecule has 0 aliphatic heterocycles. The zero-order valence-corrected chi connectivity index (χ0v) is 12.3. The average Bonchev–Trinajstić information content (AvgIpc) is 2.49. The molecule has 0 bridgehead atoms. The van der Waals surface area contributed by atoms with Gasteiger partial charge < -0.3 is 5.73 Å². The Labute approximate surface area is 121 Å². The predicted molar refractivity (Wildman–Crippen MR) is 84.9 cm³/mol. The third-order valence-corrected chi connectivity index (χ3v) is 4.21. The van der Waals surface area contributed by atoms with E-state index < -0.39 is 0 Å². The van der Waals surface area contributed by atoms with Crippen molar-refractivity contribution in [2.24, 2.45) is 32.9 Å². The summed E-state index contributed by atoms with van der Waals surface area (Å²) in [5, 5.41) is 12.2. The number of nitrogens with zero attached hydrogens (tertiary/aromatic N) is 3. The summed E-state index contributed by atoms with van der Waals surface area (Å²) in [5.74, 6) is 1.44. The summed E-state index contributed by atoms with van der Waals surface area (Å²) < 4.78 is 0. The highest BCUT2D eigenvalue weighted by Crippen LogP contribution is 2.22. The van der Waals surface area contributed by atoms with E-state index in [2.05, 4.69) is 20.7 Å². The Bertz CT molecular complexity index is 349. The fourth-order valence-electron chi connectivity index (χ4n) is 2.99. The normalized spacial score (nSPS) is 23.7. The monoisotopic (exact) mass is 277 g/mol. The lowest BCUT2D eigenvalue weighted by Gasteiger charge is -2.16. The first-order valence-electron chi connectivity index (χ1n) is 8.00. The molecule has 0 amide bonds. The van der Waals surface area contributed by atoms with Crippen molar-refractivity contribution in [2.75, 3.05) is 0 Å². The maximum Gasteiger partial charge on any atom is 0.234 e. The van der Waals surface area contributed by atoms with Crippen LogP contribution in [0.25, 0.3) is 0 Å². The van der Waals surface area contributed by atoms with Gasteiger partial charge in [-0.1, -0.05) is 38.5 Å². The van der Waals surface area contributed by atoms with Gasteiger partial charge in [-0.3, -0.25) is 0 Å². The van der Waals surface area contributed by atoms with Crippen LogP contribution in [0.3, 0.4) is 0 Å². The Morgan fingerprint density at radius 3 is 2.00 bits per heavy atom. The standard InChI is InChI=1S/C15H27N5/c16-15(19-17-11-13-7-3-1-4-8-13)20-18-12-14-9-5-2-6-10-14/h11-14H,1-10H2,(H3,16,19,20)/b17-11+,18-12+. The Hall–Kier alpha value is -1.39. The molecule has 0 unspecified atom stereocenters. The van der Waals surface area contributed by atoms with Crippen LogP contribution in [0.15, 0.2) is 15.3 Å². The van der Waals surface area contributed by atoms with Crippen LogP contribution >= 0.6 is 0 Å². The van der Waals surface area contributed by atoms with Crippen LogP contribution in [0, 0.1) is 11.8 Å². The van der Waals surface area contributed by atoms with E-state index in [9.17, 15) is 0 Å². The van der Waals surface area contributed by atoms with E-state index in [4.69, 9.17) is 5.73 Å². The van der Waals surface area contributed by atoms with Crippen LogP contribution in [-0.2, 0) is 0 Å². The molecular weight excluding hydrogens is 250 g/mol. The lowest BCUT2D eigenvalue weighted by atomic mass is 9.90. The molecule has 112 valence electrons. The van der Waals surface area contributed by atoms with Crippen LogP contribution in [0.2, 0.25) is 0 Å². The molecule has 0 atom stereocenters. The first-order chi connectivity index (χ1) is 9.84. The number of hydrogen-bond donors (Lipinski definition) is 2. The average molecular weight is 277 g/mol. The lowest BCUT2D eigenvalue weighted by Crippen LogP contribution is -2.27. The van der Waals surface area contributed by atoms with E-state index >= 15 is 0 Å². The van der Waals surface area contributed by atoms with Crippen LogP contribution in [0.4, 0.5) is 0 Å². The molecule has 5 heteroatoms. The predicted octanol–water partition coefficient (Wildman–Crippen LogP) is 3.02. The number of hydrazone groups is 1. The van der Waals surface area contributed by atoms with Gasteiger partial charge in [0.2, 0.25) is 5.96 Å². The van der Waals surface area contributed by atoms with Gasteiger partial charge >= 0.3 is 0 Å². The largest absolute Gasteiger partial charge is 0.367 e. The quantitative estimate of drug-likeness (QED) is 0.471. The summed E-state index contributed by atoms with van der Waals surface area (Å²) >= 11 is 0. The Balaban J connectivity index is 1.67. The molecule has 3 N–H and O–H groups in total. The zero-order valence-electron chi connectivity index (χ0n) is 12.3. The highest BCUT2D eigenvalue weighted by molar-refractivity contribution is 5.79. The second-order valence-electron chi connectivity index (χ2n) is 5.94. The number of nitrogens with one attached hydrogen (secondary N) is 1. The highest BCUT2D eigenvalue weighted by Gasteiger charge is 2.11. The van der Waals surface area contributed by atoms with Crippen molar-refractivity contribution in [1.29, 1.82) is 0 Å². The summed E-state index contributed by atoms with van der Waals surface area (Å²) in [7, 11) is 0. The molecule has 20 heavy (non-hydrogen) atoms. The van der Waals surface area contributed by atoms with Crippen molar-refractivity contribution in [1.82, 2.24) is 5.43 Å². The van der Waals surface area contributed by atoms with Gasteiger partial charge in [0.1, 0.15) is 0 Å². The molecule has 0 saturated heterocycles. The Morgan fingerprint density at radius 2 is 1.40 bits per heavy atom. The van der Waals surface area contributed by atoms with E-state index in [1.807, 2.05) is 12.4 Å². The molecule has 2 fully saturated rings. The first-order valence-corrected chi connectivity index (χ1v) is 8.00. The second-order valence-corrected chi connectivity index (χ2v) is 5.94. The van der Waals surface area contributed by atoms with Gasteiger partial charge in [0.15, 0.2) is 0 Å². The second kappa shape index (κ2) is 8.72. The van der Waals surface area contributed by atoms with Crippen molar-refractivity contribution >= 4 is 18.4 Å². The molecule has 2 aliphatic carbocycles. The van der Waals surface area contributed by atoms with Gasteiger partial charge in [0.25, 0.3) is 0 Å². The summed E-state index contributed by atoms with van der Waals surface area (Å²) in [6.07, 6.45) is 16.8. The SMILES string of the molecule is N/C(=N\N=C\C1CCCCC1)N/N=C/C1CCCCC1. The first kappa shape index (κ1) is 15.0. The molecule has 0 spiro atoms. The highest BCUT2D eigenvalue weighted by atomic mass is 15.4. The minimum atomic E-state index is 0.268. The van der Waals surface area contributed by atoms with E-state index in [0.29, 0.717) is 11.8 Å². The minimum absolute atomic E-state index is 0.268. The number of guanidine groups is 1. The summed E-state index contributed by atoms with van der Waals surface area (Å²) in [5.41, 5.74) is 8.47. The third kappa shape index (κ3) is 5.72. The molecule has 0 aromatic rings. The Morgan fingerprint density at radius 1 is 0.850 bits per heavy atom. The van der Waals surface area contributed by atoms with E-state index in [1.165, 1.54) is 64.2 Å². The number of rotatable bonds is 4. The van der Waals surface area contributed by atoms with E-state index in [1.54, 1.807) is 0 Å². The molecule has 2 saturated carbocycles. The van der Waals surface area contributed by atoms with Crippen LogP contribution < -0.4 is 11.2 Å². The van der Waals surface area contributed by atoms with Crippen molar-refractivity contribution in [2.45, 2.75) is 64.2 Å². The minimum Gasteiger partial charge on any atom is -0.367 e. The van der Waals surface area contributed by atoms with Crippen molar-refractivity contribution < 1.29 is 0 Å². The molecule has 5 nitrogen and oxygen atoms in total. The zero-order chi connectivity index (χ0) is 14.0. The topological polar surface area (TPSA) is 75.1 Å². The van der Waals surface area contributed by atoms with Crippen molar-refractivity contribution in [3.05, 3.63) is 0 Å². The summed E-state index contributed by atoms with van der Waals surface area (Å²) in [4.78, 5) is 0. The maximum absolute atomic E-state index is 5.72. The van der Waals surface area contributed by atoms with E-state index in [-0.39, 0.29) is 5.96 Å². The van der Waals surface area contributed by atoms with Crippen LogP contribution in [0.5, 0.6) is 0 Å². The summed E-state index contributed by atoms with van der Waals surface area (Å²) in [6, 6.07) is 0. The van der Waals surface area contributed by atoms with E-state index in [0.717, 1.165) is 0 Å². The van der Waals surface area contributed by atoms with Crippen LogP contribution in [0.1, 0.15) is 64.2 Å². The smallest absolute Gasteiger partial charge is 0.234 e. The molecule has 2 aliphatic rings. The third-order valence-electron chi connectivity index (χ3n) is 4.21. The Kier molecular flexibility index (Phi) is 6.54. The van der Waals surface area contributed by atoms with Crippen LogP contribution in [-0.4, -0.2) is 18.4 Å². The molecule has 0 heterocycles. The molecule has 2 rings (SSSR count). The van der Waals surface area contributed by atoms with Crippen molar-refractivity contribution in [3.8, 4) is 0 Å². The number of hydrogen-bond acceptors (Lipinski definition) is 3.